The van der Waals surface area contributed by atoms with Gasteiger partial charge < -0.3 is 5.32 Å². The molecule has 24 heavy (non-hydrogen) atoms. The predicted octanol–water partition coefficient (Wildman–Crippen LogP) is 2.47. The smallest absolute Gasteiger partial charge is 0.240 e. The maximum atomic E-state index is 12.2. The third kappa shape index (κ3) is 5.05. The molecule has 1 saturated carbocycles. The van der Waals surface area contributed by atoms with Gasteiger partial charge in [-0.3, -0.25) is 4.79 Å². The van der Waals surface area contributed by atoms with Gasteiger partial charge in [-0.2, -0.15) is 0 Å². The number of carbonyl (C=O) groups is 1. The van der Waals surface area contributed by atoms with Crippen LogP contribution < -0.4 is 10.0 Å². The number of nitrogens with one attached hydrogen (secondary N) is 2. The van der Waals surface area contributed by atoms with Crippen molar-refractivity contribution in [2.75, 3.05) is 13.1 Å². The van der Waals surface area contributed by atoms with Crippen molar-refractivity contribution in [3.8, 4) is 0 Å². The molecule has 1 aromatic carbocycles. The van der Waals surface area contributed by atoms with Crippen LogP contribution in [0.2, 0.25) is 0 Å². The van der Waals surface area contributed by atoms with Crippen LogP contribution in [0, 0.1) is 11.8 Å². The van der Waals surface area contributed by atoms with Crippen LogP contribution >= 0.6 is 0 Å². The Morgan fingerprint density at radius 1 is 1.21 bits per heavy atom. The van der Waals surface area contributed by atoms with Crippen LogP contribution in [0.5, 0.6) is 0 Å². The molecule has 0 bridgehead atoms. The van der Waals surface area contributed by atoms with E-state index in [1.54, 1.807) is 31.2 Å². The van der Waals surface area contributed by atoms with Gasteiger partial charge in [-0.15, -0.1) is 0 Å². The molecular formula is C18H28N2O3S. The fourth-order valence-electron chi connectivity index (χ4n) is 3.27. The van der Waals surface area contributed by atoms with E-state index in [-0.39, 0.29) is 16.7 Å². The molecule has 0 saturated heterocycles. The van der Waals surface area contributed by atoms with E-state index in [0.717, 1.165) is 18.4 Å². The van der Waals surface area contributed by atoms with Crippen LogP contribution in [0.4, 0.5) is 0 Å². The Labute approximate surface area is 145 Å². The summed E-state index contributed by atoms with van der Waals surface area (Å²) in [5.41, 5.74) is 1.01. The molecule has 1 aromatic rings. The molecule has 6 heteroatoms. The molecule has 0 spiro atoms. The molecule has 134 valence electrons. The summed E-state index contributed by atoms with van der Waals surface area (Å²) in [4.78, 5) is 12.4. The number of amides is 1. The van der Waals surface area contributed by atoms with E-state index in [4.69, 9.17) is 0 Å². The molecule has 1 atom stereocenters. The van der Waals surface area contributed by atoms with Gasteiger partial charge >= 0.3 is 0 Å². The molecule has 1 aliphatic carbocycles. The summed E-state index contributed by atoms with van der Waals surface area (Å²) in [6, 6.07) is 6.82. The van der Waals surface area contributed by atoms with Crippen LogP contribution in [0.1, 0.15) is 45.1 Å². The quantitative estimate of drug-likeness (QED) is 0.755. The standard InChI is InChI=1S/C18H28N2O3S/c1-3-20-24(22,23)17-10-8-15(9-11-17)12-13-19-18(21)14(2)16-6-4-5-7-16/h8-11,14,16,20H,3-7,12-13H2,1-2H3,(H,19,21). The van der Waals surface area contributed by atoms with Crippen molar-refractivity contribution in [1.29, 1.82) is 0 Å². The van der Waals surface area contributed by atoms with Gasteiger partial charge in [-0.1, -0.05) is 38.8 Å². The molecule has 2 N–H and O–H groups in total. The zero-order valence-corrected chi connectivity index (χ0v) is 15.4. The summed E-state index contributed by atoms with van der Waals surface area (Å²) in [5, 5.41) is 3.00. The number of sulfonamides is 1. The Hall–Kier alpha value is -1.40. The predicted molar refractivity (Wildman–Crippen MR) is 95.1 cm³/mol. The minimum atomic E-state index is -3.40. The lowest BCUT2D eigenvalue weighted by molar-refractivity contribution is -0.125. The minimum absolute atomic E-state index is 0.0835. The fraction of sp³-hybridized carbons (Fsp3) is 0.611. The lowest BCUT2D eigenvalue weighted by atomic mass is 9.92. The second-order valence-corrected chi connectivity index (χ2v) is 8.29. The Morgan fingerprint density at radius 2 is 1.83 bits per heavy atom. The number of hydrogen-bond acceptors (Lipinski definition) is 3. The highest BCUT2D eigenvalue weighted by atomic mass is 32.2. The Balaban J connectivity index is 1.81. The van der Waals surface area contributed by atoms with Crippen molar-refractivity contribution in [3.05, 3.63) is 29.8 Å². The second kappa shape index (κ2) is 8.62. The van der Waals surface area contributed by atoms with Crippen molar-refractivity contribution in [1.82, 2.24) is 10.0 Å². The monoisotopic (exact) mass is 352 g/mol. The fourth-order valence-corrected chi connectivity index (χ4v) is 4.31. The van der Waals surface area contributed by atoms with Gasteiger partial charge in [-0.25, -0.2) is 13.1 Å². The van der Waals surface area contributed by atoms with Crippen LogP contribution in [0.15, 0.2) is 29.2 Å². The highest BCUT2D eigenvalue weighted by Crippen LogP contribution is 2.31. The SMILES string of the molecule is CCNS(=O)(=O)c1ccc(CCNC(=O)C(C)C2CCCC2)cc1. The molecule has 0 aliphatic heterocycles. The largest absolute Gasteiger partial charge is 0.356 e. The van der Waals surface area contributed by atoms with E-state index in [0.29, 0.717) is 25.4 Å². The van der Waals surface area contributed by atoms with E-state index in [2.05, 4.69) is 10.0 Å². The molecule has 0 heterocycles. The Morgan fingerprint density at radius 3 is 2.42 bits per heavy atom. The summed E-state index contributed by atoms with van der Waals surface area (Å²) in [6.07, 6.45) is 5.51. The first-order valence-electron chi connectivity index (χ1n) is 8.80. The van der Waals surface area contributed by atoms with Crippen molar-refractivity contribution >= 4 is 15.9 Å². The first kappa shape index (κ1) is 18.9. The van der Waals surface area contributed by atoms with Gasteiger partial charge in [0.05, 0.1) is 4.90 Å². The van der Waals surface area contributed by atoms with Gasteiger partial charge in [0.25, 0.3) is 0 Å². The van der Waals surface area contributed by atoms with Crippen LogP contribution in [0.25, 0.3) is 0 Å². The first-order chi connectivity index (χ1) is 11.4. The Bertz CT molecular complexity index is 635. The zero-order chi connectivity index (χ0) is 17.6. The van der Waals surface area contributed by atoms with Gasteiger partial charge in [0, 0.05) is 19.0 Å². The molecule has 1 amide bonds. The molecule has 0 aromatic heterocycles. The summed E-state index contributed by atoms with van der Waals surface area (Å²) in [5.74, 6) is 0.744. The van der Waals surface area contributed by atoms with E-state index < -0.39 is 10.0 Å². The first-order valence-corrected chi connectivity index (χ1v) is 10.3. The van der Waals surface area contributed by atoms with E-state index in [1.165, 1.54) is 12.8 Å². The average Bonchev–Trinajstić information content (AvgIpc) is 3.09. The number of rotatable bonds is 8. The van der Waals surface area contributed by atoms with Crippen LogP contribution in [0.3, 0.4) is 0 Å². The molecule has 1 unspecified atom stereocenters. The average molecular weight is 353 g/mol. The maximum absolute atomic E-state index is 12.2. The zero-order valence-electron chi connectivity index (χ0n) is 14.5. The van der Waals surface area contributed by atoms with Crippen LogP contribution in [-0.2, 0) is 21.2 Å². The van der Waals surface area contributed by atoms with Gasteiger partial charge in [-0.05, 0) is 42.9 Å². The lowest BCUT2D eigenvalue weighted by Gasteiger charge is -2.18. The van der Waals surface area contributed by atoms with Crippen molar-refractivity contribution < 1.29 is 13.2 Å². The molecule has 1 fully saturated rings. The molecule has 2 rings (SSSR count). The van der Waals surface area contributed by atoms with E-state index in [9.17, 15) is 13.2 Å². The molecule has 1 aliphatic rings. The topological polar surface area (TPSA) is 75.3 Å². The van der Waals surface area contributed by atoms with Crippen molar-refractivity contribution in [2.45, 2.75) is 50.8 Å². The highest BCUT2D eigenvalue weighted by molar-refractivity contribution is 7.89. The number of hydrogen-bond donors (Lipinski definition) is 2. The van der Waals surface area contributed by atoms with Crippen molar-refractivity contribution in [2.24, 2.45) is 11.8 Å². The van der Waals surface area contributed by atoms with Crippen molar-refractivity contribution in [3.63, 3.8) is 0 Å². The van der Waals surface area contributed by atoms with Gasteiger partial charge in [0.1, 0.15) is 0 Å². The second-order valence-electron chi connectivity index (χ2n) is 6.52. The number of carbonyl (C=O) groups excluding carboxylic acids is 1. The van der Waals surface area contributed by atoms with Crippen LogP contribution in [-0.4, -0.2) is 27.4 Å². The van der Waals surface area contributed by atoms with Gasteiger partial charge in [0.2, 0.25) is 15.9 Å². The number of benzene rings is 1. The summed E-state index contributed by atoms with van der Waals surface area (Å²) in [7, 11) is -3.40. The summed E-state index contributed by atoms with van der Waals surface area (Å²) >= 11 is 0. The molecule has 0 radical (unpaired) electrons. The maximum Gasteiger partial charge on any atom is 0.240 e. The third-order valence-corrected chi connectivity index (χ3v) is 6.36. The lowest BCUT2D eigenvalue weighted by Crippen LogP contribution is -2.33. The highest BCUT2D eigenvalue weighted by Gasteiger charge is 2.26. The molecular weight excluding hydrogens is 324 g/mol. The summed E-state index contributed by atoms with van der Waals surface area (Å²) in [6.45, 7) is 4.72. The third-order valence-electron chi connectivity index (χ3n) is 4.80. The summed E-state index contributed by atoms with van der Waals surface area (Å²) < 4.78 is 26.2. The van der Waals surface area contributed by atoms with E-state index in [1.807, 2.05) is 6.92 Å². The van der Waals surface area contributed by atoms with Gasteiger partial charge in [0.15, 0.2) is 0 Å². The normalized spacial score (nSPS) is 16.9. The van der Waals surface area contributed by atoms with E-state index >= 15 is 0 Å². The Kier molecular flexibility index (Phi) is 6.80. The minimum Gasteiger partial charge on any atom is -0.356 e. The molecule has 5 nitrogen and oxygen atoms in total.